The Hall–Kier alpha value is -0.550. The van der Waals surface area contributed by atoms with Crippen molar-refractivity contribution in [2.45, 2.75) is 0 Å². The van der Waals surface area contributed by atoms with Gasteiger partial charge in [-0.25, -0.2) is 4.98 Å². The summed E-state index contributed by atoms with van der Waals surface area (Å²) < 4.78 is 1.10. The molecule has 1 aromatic heterocycles. The highest BCUT2D eigenvalue weighted by atomic mass is 127. The highest BCUT2D eigenvalue weighted by Crippen LogP contribution is 2.26. The summed E-state index contributed by atoms with van der Waals surface area (Å²) in [5, 5.41) is 2.69. The zero-order valence-corrected chi connectivity index (χ0v) is 9.50. The lowest BCUT2D eigenvalue weighted by molar-refractivity contribution is 1.37. The normalized spacial score (nSPS) is 10.6. The molecule has 0 fully saturated rings. The van der Waals surface area contributed by atoms with Crippen LogP contribution in [-0.4, -0.2) is 4.98 Å². The molecule has 13 heavy (non-hydrogen) atoms. The molecule has 1 heterocycles. The molecule has 0 unspecified atom stereocenters. The van der Waals surface area contributed by atoms with Gasteiger partial charge in [0.1, 0.15) is 5.82 Å². The molecule has 0 atom stereocenters. The summed E-state index contributed by atoms with van der Waals surface area (Å²) in [6, 6.07) is 5.76. The van der Waals surface area contributed by atoms with Gasteiger partial charge in [0.15, 0.2) is 0 Å². The number of anilines is 1. The summed E-state index contributed by atoms with van der Waals surface area (Å²) >= 11 is 8.25. The molecular weight excluding hydrogens is 298 g/mol. The Bertz CT molecular complexity index is 465. The molecule has 0 saturated heterocycles. The van der Waals surface area contributed by atoms with E-state index >= 15 is 0 Å². The number of hydrogen-bond acceptors (Lipinski definition) is 2. The predicted molar refractivity (Wildman–Crippen MR) is 63.9 cm³/mol. The van der Waals surface area contributed by atoms with Gasteiger partial charge in [0.25, 0.3) is 0 Å². The van der Waals surface area contributed by atoms with Crippen LogP contribution in [0, 0.1) is 3.57 Å². The Morgan fingerprint density at radius 3 is 2.85 bits per heavy atom. The maximum Gasteiger partial charge on any atom is 0.123 e. The quantitative estimate of drug-likeness (QED) is 0.760. The topological polar surface area (TPSA) is 38.9 Å². The van der Waals surface area contributed by atoms with Crippen LogP contribution in [0.25, 0.3) is 10.8 Å². The van der Waals surface area contributed by atoms with E-state index in [1.165, 1.54) is 0 Å². The third-order valence-electron chi connectivity index (χ3n) is 1.77. The number of nitrogens with two attached hydrogens (primary N) is 1. The van der Waals surface area contributed by atoms with Crippen molar-refractivity contribution in [2.75, 3.05) is 5.73 Å². The minimum atomic E-state index is 0.519. The van der Waals surface area contributed by atoms with E-state index < -0.39 is 0 Å². The lowest BCUT2D eigenvalue weighted by atomic mass is 10.2. The van der Waals surface area contributed by atoms with Crippen molar-refractivity contribution in [3.63, 3.8) is 0 Å². The van der Waals surface area contributed by atoms with Gasteiger partial charge >= 0.3 is 0 Å². The zero-order valence-electron chi connectivity index (χ0n) is 6.59. The van der Waals surface area contributed by atoms with Crippen molar-refractivity contribution in [1.29, 1.82) is 0 Å². The summed E-state index contributed by atoms with van der Waals surface area (Å²) in [5.74, 6) is 0.519. The predicted octanol–water partition coefficient (Wildman–Crippen LogP) is 3.08. The lowest BCUT2D eigenvalue weighted by Gasteiger charge is -2.01. The SMILES string of the molecule is Nc1cc2cc(I)cc(Cl)c2cn1. The van der Waals surface area contributed by atoms with E-state index in [1.807, 2.05) is 18.2 Å². The van der Waals surface area contributed by atoms with Crippen LogP contribution in [0.5, 0.6) is 0 Å². The highest BCUT2D eigenvalue weighted by Gasteiger charge is 2.01. The van der Waals surface area contributed by atoms with Crippen molar-refractivity contribution in [3.8, 4) is 0 Å². The monoisotopic (exact) mass is 304 g/mol. The second kappa shape index (κ2) is 3.31. The first-order chi connectivity index (χ1) is 6.16. The van der Waals surface area contributed by atoms with Crippen LogP contribution in [0.1, 0.15) is 0 Å². The van der Waals surface area contributed by atoms with Gasteiger partial charge in [-0.2, -0.15) is 0 Å². The summed E-state index contributed by atoms with van der Waals surface area (Å²) in [6.07, 6.45) is 1.70. The van der Waals surface area contributed by atoms with E-state index in [0.29, 0.717) is 5.82 Å². The van der Waals surface area contributed by atoms with Gasteiger partial charge in [-0.15, -0.1) is 0 Å². The second-order valence-corrected chi connectivity index (χ2v) is 4.37. The molecule has 2 aromatic rings. The van der Waals surface area contributed by atoms with E-state index in [-0.39, 0.29) is 0 Å². The molecule has 2 N–H and O–H groups in total. The van der Waals surface area contributed by atoms with Crippen molar-refractivity contribution in [1.82, 2.24) is 4.98 Å². The number of aromatic nitrogens is 1. The molecule has 0 aliphatic heterocycles. The standard InChI is InChI=1S/C9H6ClIN2/c10-8-3-6(11)1-5-2-9(12)13-4-7(5)8/h1-4H,(H2,12,13). The Balaban J connectivity index is 2.86. The van der Waals surface area contributed by atoms with Crippen molar-refractivity contribution in [2.24, 2.45) is 0 Å². The number of nitrogens with zero attached hydrogens (tertiary/aromatic N) is 1. The van der Waals surface area contributed by atoms with Crippen LogP contribution < -0.4 is 5.73 Å². The third kappa shape index (κ3) is 1.71. The maximum absolute atomic E-state index is 6.03. The zero-order chi connectivity index (χ0) is 9.42. The lowest BCUT2D eigenvalue weighted by Crippen LogP contribution is -1.89. The average Bonchev–Trinajstić information content (AvgIpc) is 2.02. The minimum absolute atomic E-state index is 0.519. The van der Waals surface area contributed by atoms with Crippen LogP contribution in [0.15, 0.2) is 24.4 Å². The molecule has 0 aliphatic rings. The molecule has 0 saturated carbocycles. The molecule has 0 spiro atoms. The Morgan fingerprint density at radius 2 is 2.08 bits per heavy atom. The van der Waals surface area contributed by atoms with Crippen LogP contribution in [0.4, 0.5) is 5.82 Å². The summed E-state index contributed by atoms with van der Waals surface area (Å²) in [4.78, 5) is 3.99. The minimum Gasteiger partial charge on any atom is -0.384 e. The van der Waals surface area contributed by atoms with Crippen LogP contribution in [-0.2, 0) is 0 Å². The van der Waals surface area contributed by atoms with Gasteiger partial charge in [-0.3, -0.25) is 0 Å². The van der Waals surface area contributed by atoms with Gasteiger partial charge in [-0.05, 0) is 46.2 Å². The van der Waals surface area contributed by atoms with Gasteiger partial charge in [0, 0.05) is 15.2 Å². The van der Waals surface area contributed by atoms with Crippen LogP contribution in [0.3, 0.4) is 0 Å². The van der Waals surface area contributed by atoms with Gasteiger partial charge < -0.3 is 5.73 Å². The van der Waals surface area contributed by atoms with Crippen molar-refractivity contribution in [3.05, 3.63) is 33.0 Å². The summed E-state index contributed by atoms with van der Waals surface area (Å²) in [5.41, 5.74) is 5.57. The number of hydrogen-bond donors (Lipinski definition) is 1. The van der Waals surface area contributed by atoms with E-state index in [1.54, 1.807) is 6.20 Å². The second-order valence-electron chi connectivity index (χ2n) is 2.72. The molecule has 2 nitrogen and oxygen atoms in total. The Kier molecular flexibility index (Phi) is 2.29. The van der Waals surface area contributed by atoms with E-state index in [9.17, 15) is 0 Å². The molecule has 66 valence electrons. The van der Waals surface area contributed by atoms with E-state index in [4.69, 9.17) is 17.3 Å². The third-order valence-corrected chi connectivity index (χ3v) is 2.71. The smallest absolute Gasteiger partial charge is 0.123 e. The maximum atomic E-state index is 6.03. The average molecular weight is 305 g/mol. The Labute approximate surface area is 94.2 Å². The van der Waals surface area contributed by atoms with E-state index in [0.717, 1.165) is 19.4 Å². The highest BCUT2D eigenvalue weighted by molar-refractivity contribution is 14.1. The van der Waals surface area contributed by atoms with Gasteiger partial charge in [0.2, 0.25) is 0 Å². The van der Waals surface area contributed by atoms with Gasteiger partial charge in [0.05, 0.1) is 5.02 Å². The van der Waals surface area contributed by atoms with E-state index in [2.05, 4.69) is 27.6 Å². The fourth-order valence-electron chi connectivity index (χ4n) is 1.20. The molecule has 1 aromatic carbocycles. The van der Waals surface area contributed by atoms with Crippen molar-refractivity contribution >= 4 is 50.8 Å². The molecule has 0 bridgehead atoms. The fraction of sp³-hybridized carbons (Fsp3) is 0. The number of benzene rings is 1. The first kappa shape index (κ1) is 9.02. The molecule has 0 amide bonds. The van der Waals surface area contributed by atoms with Crippen LogP contribution in [0.2, 0.25) is 5.02 Å². The molecule has 2 rings (SSSR count). The Morgan fingerprint density at radius 1 is 1.31 bits per heavy atom. The molecular formula is C9H6ClIN2. The molecule has 4 heteroatoms. The summed E-state index contributed by atoms with van der Waals surface area (Å²) in [7, 11) is 0. The fourth-order valence-corrected chi connectivity index (χ4v) is 2.30. The van der Waals surface area contributed by atoms with Crippen LogP contribution >= 0.6 is 34.2 Å². The molecule has 0 radical (unpaired) electrons. The summed E-state index contributed by atoms with van der Waals surface area (Å²) in [6.45, 7) is 0. The first-order valence-electron chi connectivity index (χ1n) is 3.67. The number of pyridine rings is 1. The number of halogens is 2. The molecule has 0 aliphatic carbocycles. The number of rotatable bonds is 0. The largest absolute Gasteiger partial charge is 0.384 e. The number of fused-ring (bicyclic) bond motifs is 1. The van der Waals surface area contributed by atoms with Crippen molar-refractivity contribution < 1.29 is 0 Å². The van der Waals surface area contributed by atoms with Gasteiger partial charge in [-0.1, -0.05) is 11.6 Å². The number of nitrogen functional groups attached to an aromatic ring is 1. The first-order valence-corrected chi connectivity index (χ1v) is 5.13.